The van der Waals surface area contributed by atoms with Gasteiger partial charge in [0.15, 0.2) is 0 Å². The van der Waals surface area contributed by atoms with Gasteiger partial charge in [-0.2, -0.15) is 13.2 Å². The fraction of sp³-hybridized carbons (Fsp3) is 0.188. The van der Waals surface area contributed by atoms with Gasteiger partial charge in [-0.1, -0.05) is 23.7 Å². The van der Waals surface area contributed by atoms with Gasteiger partial charge < -0.3 is 10.4 Å². The van der Waals surface area contributed by atoms with Crippen LogP contribution in [0.4, 0.5) is 19.0 Å². The molecule has 2 amide bonds. The van der Waals surface area contributed by atoms with E-state index < -0.39 is 23.6 Å². The Balaban J connectivity index is 1.79. The number of phenolic OH excluding ortho intramolecular Hbond substituents is 1. The maximum atomic E-state index is 12.5. The first-order chi connectivity index (χ1) is 12.7. The Morgan fingerprint density at radius 3 is 2.52 bits per heavy atom. The Kier molecular flexibility index (Phi) is 6.45. The molecule has 1 heterocycles. The molecule has 0 radical (unpaired) electrons. The fourth-order valence-electron chi connectivity index (χ4n) is 1.94. The van der Waals surface area contributed by atoms with Crippen LogP contribution in [0.3, 0.4) is 0 Å². The number of halogens is 4. The van der Waals surface area contributed by atoms with Crippen LogP contribution in [-0.4, -0.2) is 28.4 Å². The van der Waals surface area contributed by atoms with E-state index in [4.69, 9.17) is 11.6 Å². The van der Waals surface area contributed by atoms with Crippen LogP contribution in [0.1, 0.15) is 22.3 Å². The van der Waals surface area contributed by atoms with Crippen LogP contribution < -0.4 is 16.2 Å². The molecule has 0 atom stereocenters. The zero-order valence-electron chi connectivity index (χ0n) is 13.6. The molecule has 0 bridgehead atoms. The number of aromatic nitrogens is 1. The highest BCUT2D eigenvalue weighted by atomic mass is 35.5. The number of hydrogen-bond donors (Lipinski definition) is 4. The van der Waals surface area contributed by atoms with E-state index in [1.54, 1.807) is 6.07 Å². The second kappa shape index (κ2) is 8.58. The van der Waals surface area contributed by atoms with Crippen molar-refractivity contribution in [3.8, 4) is 5.75 Å². The number of carbonyl (C=O) groups is 2. The minimum atomic E-state index is -4.56. The molecule has 11 heteroatoms. The first kappa shape index (κ1) is 20.3. The molecule has 144 valence electrons. The Bertz CT molecular complexity index is 846. The van der Waals surface area contributed by atoms with Gasteiger partial charge in [0, 0.05) is 19.2 Å². The summed E-state index contributed by atoms with van der Waals surface area (Å²) in [7, 11) is 0. The molecular weight excluding hydrogens is 389 g/mol. The number of phenols is 1. The third-order valence-electron chi connectivity index (χ3n) is 3.28. The van der Waals surface area contributed by atoms with Gasteiger partial charge >= 0.3 is 6.18 Å². The molecule has 0 fully saturated rings. The number of rotatable bonds is 5. The predicted molar refractivity (Wildman–Crippen MR) is 91.1 cm³/mol. The Labute approximate surface area is 156 Å². The zero-order chi connectivity index (χ0) is 20.0. The van der Waals surface area contributed by atoms with Crippen LogP contribution in [0.2, 0.25) is 5.02 Å². The van der Waals surface area contributed by atoms with Gasteiger partial charge in [-0.15, -0.1) is 0 Å². The van der Waals surface area contributed by atoms with Crippen LogP contribution in [0.25, 0.3) is 0 Å². The number of hydrazine groups is 1. The fourth-order valence-corrected chi connectivity index (χ4v) is 2.17. The second-order valence-electron chi connectivity index (χ2n) is 5.25. The van der Waals surface area contributed by atoms with Crippen molar-refractivity contribution in [2.75, 3.05) is 11.9 Å². The van der Waals surface area contributed by atoms with Crippen molar-refractivity contribution < 1.29 is 27.9 Å². The molecule has 0 spiro atoms. The van der Waals surface area contributed by atoms with E-state index in [1.807, 2.05) is 0 Å². The quantitative estimate of drug-likeness (QED) is 0.576. The van der Waals surface area contributed by atoms with E-state index in [0.717, 1.165) is 6.07 Å². The minimum Gasteiger partial charge on any atom is -0.507 e. The molecule has 1 aromatic carbocycles. The minimum absolute atomic E-state index is 0.00397. The van der Waals surface area contributed by atoms with Crippen molar-refractivity contribution in [3.05, 3.63) is 52.7 Å². The van der Waals surface area contributed by atoms with Gasteiger partial charge in [0.2, 0.25) is 5.91 Å². The molecule has 2 aromatic rings. The molecule has 0 saturated carbocycles. The predicted octanol–water partition coefficient (Wildman–Crippen LogP) is 2.72. The summed E-state index contributed by atoms with van der Waals surface area (Å²) in [4.78, 5) is 27.1. The maximum absolute atomic E-state index is 12.5. The number of benzene rings is 1. The van der Waals surface area contributed by atoms with Gasteiger partial charge in [-0.25, -0.2) is 4.98 Å². The summed E-state index contributed by atoms with van der Waals surface area (Å²) in [6.45, 7) is 0.0103. The van der Waals surface area contributed by atoms with Crippen LogP contribution in [-0.2, 0) is 11.0 Å². The first-order valence-electron chi connectivity index (χ1n) is 7.52. The first-order valence-corrected chi connectivity index (χ1v) is 7.90. The number of pyridine rings is 1. The van der Waals surface area contributed by atoms with E-state index in [9.17, 15) is 27.9 Å². The highest BCUT2D eigenvalue weighted by Gasteiger charge is 2.31. The Morgan fingerprint density at radius 2 is 1.89 bits per heavy atom. The average molecular weight is 403 g/mol. The summed E-state index contributed by atoms with van der Waals surface area (Å²) in [6, 6.07) is 6.50. The van der Waals surface area contributed by atoms with Crippen LogP contribution in [0, 0.1) is 0 Å². The van der Waals surface area contributed by atoms with E-state index >= 15 is 0 Å². The summed E-state index contributed by atoms with van der Waals surface area (Å²) in [5.74, 6) is -1.53. The highest BCUT2D eigenvalue weighted by molar-refractivity contribution is 6.32. The van der Waals surface area contributed by atoms with Crippen molar-refractivity contribution >= 4 is 29.2 Å². The van der Waals surface area contributed by atoms with E-state index in [0.29, 0.717) is 6.20 Å². The van der Waals surface area contributed by atoms with Gasteiger partial charge in [0.1, 0.15) is 11.6 Å². The lowest BCUT2D eigenvalue weighted by Gasteiger charge is -2.11. The summed E-state index contributed by atoms with van der Waals surface area (Å²) in [5.41, 5.74) is 3.28. The van der Waals surface area contributed by atoms with Gasteiger partial charge in [-0.3, -0.25) is 20.4 Å². The maximum Gasteiger partial charge on any atom is 0.417 e. The van der Waals surface area contributed by atoms with Gasteiger partial charge in [0.05, 0.1) is 16.1 Å². The highest BCUT2D eigenvalue weighted by Crippen LogP contribution is 2.32. The van der Waals surface area contributed by atoms with E-state index in [2.05, 4.69) is 21.2 Å². The molecule has 27 heavy (non-hydrogen) atoms. The lowest BCUT2D eigenvalue weighted by molar-refractivity contribution is -0.137. The molecule has 4 N–H and O–H groups in total. The van der Waals surface area contributed by atoms with E-state index in [-0.39, 0.29) is 35.1 Å². The third kappa shape index (κ3) is 5.74. The van der Waals surface area contributed by atoms with Gasteiger partial charge in [-0.05, 0) is 18.2 Å². The summed E-state index contributed by atoms with van der Waals surface area (Å²) < 4.78 is 37.6. The average Bonchev–Trinajstić information content (AvgIpc) is 2.60. The summed E-state index contributed by atoms with van der Waals surface area (Å²) >= 11 is 5.73. The van der Waals surface area contributed by atoms with Crippen LogP contribution in [0.5, 0.6) is 5.75 Å². The molecule has 0 aliphatic carbocycles. The largest absolute Gasteiger partial charge is 0.507 e. The number of para-hydroxylation sites is 1. The SMILES string of the molecule is O=C(CCNc1ncc(C(F)(F)F)cc1Cl)NNC(=O)c1ccccc1O. The molecule has 0 aliphatic rings. The number of carbonyl (C=O) groups excluding carboxylic acids is 2. The number of alkyl halides is 3. The zero-order valence-corrected chi connectivity index (χ0v) is 14.4. The summed E-state index contributed by atoms with van der Waals surface area (Å²) in [6.07, 6.45) is -4.05. The molecule has 0 saturated heterocycles. The number of aromatic hydroxyl groups is 1. The summed E-state index contributed by atoms with van der Waals surface area (Å²) in [5, 5.41) is 11.9. The monoisotopic (exact) mass is 402 g/mol. The molecular formula is C16H14ClF3N4O3. The molecule has 1 aromatic heterocycles. The molecule has 7 nitrogen and oxygen atoms in total. The number of hydrogen-bond acceptors (Lipinski definition) is 5. The Hall–Kier alpha value is -3.01. The standard InChI is InChI=1S/C16H14ClF3N4O3/c17-11-7-9(16(18,19)20)8-22-14(11)21-6-5-13(26)23-24-15(27)10-3-1-2-4-12(10)25/h1-4,7-8,25H,5-6H2,(H,21,22)(H,23,26)(H,24,27). The topological polar surface area (TPSA) is 103 Å². The molecule has 2 rings (SSSR count). The van der Waals surface area contributed by atoms with E-state index in [1.165, 1.54) is 18.2 Å². The lowest BCUT2D eigenvalue weighted by Crippen LogP contribution is -2.42. The number of nitrogens with zero attached hydrogens (tertiary/aromatic N) is 1. The second-order valence-corrected chi connectivity index (χ2v) is 5.66. The van der Waals surface area contributed by atoms with Crippen molar-refractivity contribution in [2.45, 2.75) is 12.6 Å². The molecule has 0 aliphatic heterocycles. The number of amides is 2. The van der Waals surface area contributed by atoms with Crippen molar-refractivity contribution in [2.24, 2.45) is 0 Å². The van der Waals surface area contributed by atoms with Crippen molar-refractivity contribution in [3.63, 3.8) is 0 Å². The smallest absolute Gasteiger partial charge is 0.417 e. The lowest BCUT2D eigenvalue weighted by atomic mass is 10.2. The van der Waals surface area contributed by atoms with Crippen molar-refractivity contribution in [1.29, 1.82) is 0 Å². The number of anilines is 1. The van der Waals surface area contributed by atoms with Gasteiger partial charge in [0.25, 0.3) is 5.91 Å². The van der Waals surface area contributed by atoms with Crippen LogP contribution in [0.15, 0.2) is 36.5 Å². The number of nitrogens with one attached hydrogen (secondary N) is 3. The van der Waals surface area contributed by atoms with Crippen LogP contribution >= 0.6 is 11.6 Å². The van der Waals surface area contributed by atoms with Crippen molar-refractivity contribution in [1.82, 2.24) is 15.8 Å². The Morgan fingerprint density at radius 1 is 1.19 bits per heavy atom. The molecule has 0 unspecified atom stereocenters. The third-order valence-corrected chi connectivity index (χ3v) is 3.57. The normalized spacial score (nSPS) is 11.0.